The number of benzene rings is 1. The molecule has 0 N–H and O–H groups in total. The summed E-state index contributed by atoms with van der Waals surface area (Å²) in [5.74, 6) is 0.110. The van der Waals surface area contributed by atoms with Crippen LogP contribution >= 0.6 is 0 Å². The van der Waals surface area contributed by atoms with E-state index in [-0.39, 0.29) is 23.6 Å². The molecule has 0 saturated heterocycles. The van der Waals surface area contributed by atoms with E-state index in [0.717, 1.165) is 5.70 Å². The molecule has 1 aliphatic heterocycles. The maximum atomic E-state index is 12.4. The maximum Gasteiger partial charge on any atom is 0.222 e. The van der Waals surface area contributed by atoms with E-state index in [1.807, 2.05) is 48.3 Å². The molecule has 0 saturated carbocycles. The summed E-state index contributed by atoms with van der Waals surface area (Å²) in [4.78, 5) is 14.6. The molecular weight excluding hydrogens is 308 g/mol. The second-order valence-electron chi connectivity index (χ2n) is 6.24. The lowest BCUT2D eigenvalue weighted by Gasteiger charge is -2.23. The Kier molecular flexibility index (Phi) is 4.90. The van der Waals surface area contributed by atoms with Gasteiger partial charge in [0, 0.05) is 42.1 Å². The molecule has 0 atom stereocenters. The van der Waals surface area contributed by atoms with E-state index in [2.05, 4.69) is 36.9 Å². The van der Waals surface area contributed by atoms with Crippen LogP contribution in [-0.4, -0.2) is 12.8 Å². The molecule has 120 valence electrons. The highest BCUT2D eigenvalue weighted by Gasteiger charge is 2.38. The van der Waals surface area contributed by atoms with Gasteiger partial charge in [0.1, 0.15) is 0 Å². The summed E-state index contributed by atoms with van der Waals surface area (Å²) >= 11 is 0. The van der Waals surface area contributed by atoms with Gasteiger partial charge in [0.25, 0.3) is 0 Å². The number of rotatable bonds is 3. The van der Waals surface area contributed by atoms with E-state index in [9.17, 15) is 4.79 Å². The number of hydrogen-bond acceptors (Lipinski definition) is 2. The lowest BCUT2D eigenvalue weighted by atomic mass is 9.83. The first-order valence-electron chi connectivity index (χ1n) is 7.52. The quantitative estimate of drug-likeness (QED) is 0.578. The minimum absolute atomic E-state index is 0. The Labute approximate surface area is 143 Å². The number of ketones is 1. The third kappa shape index (κ3) is 3.15. The Hall–Kier alpha value is -2.13. The number of allylic oxidation sites excluding steroid dienone is 2. The van der Waals surface area contributed by atoms with Crippen LogP contribution in [0.25, 0.3) is 0 Å². The van der Waals surface area contributed by atoms with Crippen LogP contribution in [0.5, 0.6) is 0 Å². The molecule has 1 aromatic heterocycles. The normalized spacial score (nSPS) is 16.8. The number of carbonyl (C=O) groups is 1. The number of likely N-dealkylation sites (N-methyl/N-ethyl adjacent to an activating group) is 1. The van der Waals surface area contributed by atoms with Gasteiger partial charge in [-0.1, -0.05) is 38.1 Å². The van der Waals surface area contributed by atoms with Gasteiger partial charge in [-0.3, -0.25) is 4.79 Å². The van der Waals surface area contributed by atoms with E-state index >= 15 is 0 Å². The summed E-state index contributed by atoms with van der Waals surface area (Å²) in [6, 6.07) is 14.2. The Morgan fingerprint density at radius 2 is 1.78 bits per heavy atom. The van der Waals surface area contributed by atoms with Crippen molar-refractivity contribution in [2.45, 2.75) is 25.8 Å². The van der Waals surface area contributed by atoms with Crippen LogP contribution in [-0.2, 0) is 16.8 Å². The molecule has 1 aliphatic rings. The second-order valence-corrected chi connectivity index (χ2v) is 6.24. The first kappa shape index (κ1) is 17.2. The van der Waals surface area contributed by atoms with Gasteiger partial charge in [0.2, 0.25) is 12.3 Å². The Morgan fingerprint density at radius 3 is 2.43 bits per heavy atom. The number of halogens is 1. The number of aromatic nitrogens is 1. The van der Waals surface area contributed by atoms with Crippen molar-refractivity contribution in [1.82, 2.24) is 0 Å². The molecule has 0 radical (unpaired) electrons. The molecule has 0 fully saturated rings. The zero-order valence-corrected chi connectivity index (χ0v) is 14.4. The standard InChI is InChI=1S/C19H21N2O.ClH/c1-19(2)16-9-5-6-10-17(16)20(3)18(19)13-15(22)14-21-11-7-4-8-12-21;/h4-13H,14H2,1-3H3;1H/q+1;/p-1/b18-13-;. The zero-order chi connectivity index (χ0) is 15.7. The molecule has 3 rings (SSSR count). The number of pyridine rings is 1. The third-order valence-corrected chi connectivity index (χ3v) is 4.35. The van der Waals surface area contributed by atoms with Crippen LogP contribution in [0, 0.1) is 0 Å². The first-order chi connectivity index (χ1) is 10.5. The summed E-state index contributed by atoms with van der Waals surface area (Å²) in [6.07, 6.45) is 5.61. The smallest absolute Gasteiger partial charge is 0.222 e. The van der Waals surface area contributed by atoms with Crippen LogP contribution < -0.4 is 21.9 Å². The number of fused-ring (bicyclic) bond motifs is 1. The van der Waals surface area contributed by atoms with E-state index in [4.69, 9.17) is 0 Å². The van der Waals surface area contributed by atoms with Crippen molar-refractivity contribution in [1.29, 1.82) is 0 Å². The largest absolute Gasteiger partial charge is 1.00 e. The Bertz CT molecular complexity index is 738. The molecule has 0 unspecified atom stereocenters. The van der Waals surface area contributed by atoms with Crippen molar-refractivity contribution in [3.05, 3.63) is 72.2 Å². The molecule has 23 heavy (non-hydrogen) atoms. The average Bonchev–Trinajstić information content (AvgIpc) is 2.70. The minimum atomic E-state index is -0.150. The van der Waals surface area contributed by atoms with Crippen molar-refractivity contribution in [2.75, 3.05) is 11.9 Å². The second kappa shape index (κ2) is 6.55. The number of para-hydroxylation sites is 1. The monoisotopic (exact) mass is 328 g/mol. The van der Waals surface area contributed by atoms with Gasteiger partial charge >= 0.3 is 0 Å². The molecule has 0 bridgehead atoms. The van der Waals surface area contributed by atoms with Crippen molar-refractivity contribution < 1.29 is 21.8 Å². The molecule has 0 spiro atoms. The van der Waals surface area contributed by atoms with E-state index in [1.165, 1.54) is 11.3 Å². The van der Waals surface area contributed by atoms with E-state index < -0.39 is 0 Å². The van der Waals surface area contributed by atoms with Gasteiger partial charge < -0.3 is 17.3 Å². The number of hydrogen-bond donors (Lipinski definition) is 0. The highest BCUT2D eigenvalue weighted by atomic mass is 35.5. The fraction of sp³-hybridized carbons (Fsp3) is 0.263. The average molecular weight is 329 g/mol. The van der Waals surface area contributed by atoms with Gasteiger partial charge in [-0.2, -0.15) is 4.57 Å². The highest BCUT2D eigenvalue weighted by Crippen LogP contribution is 2.46. The predicted octanol–water partition coefficient (Wildman–Crippen LogP) is -0.141. The molecule has 4 heteroatoms. The summed E-state index contributed by atoms with van der Waals surface area (Å²) in [5.41, 5.74) is 3.35. The van der Waals surface area contributed by atoms with Crippen molar-refractivity contribution in [2.24, 2.45) is 0 Å². The lowest BCUT2D eigenvalue weighted by Crippen LogP contribution is -3.00. The maximum absolute atomic E-state index is 12.4. The van der Waals surface area contributed by atoms with Gasteiger partial charge in [-0.25, -0.2) is 0 Å². The van der Waals surface area contributed by atoms with Gasteiger partial charge in [0.15, 0.2) is 12.4 Å². The minimum Gasteiger partial charge on any atom is -1.00 e. The predicted molar refractivity (Wildman–Crippen MR) is 87.6 cm³/mol. The fourth-order valence-corrected chi connectivity index (χ4v) is 3.18. The van der Waals surface area contributed by atoms with E-state index in [1.54, 1.807) is 6.08 Å². The van der Waals surface area contributed by atoms with Gasteiger partial charge in [-0.15, -0.1) is 0 Å². The number of anilines is 1. The third-order valence-electron chi connectivity index (χ3n) is 4.35. The van der Waals surface area contributed by atoms with Crippen LogP contribution in [0.2, 0.25) is 0 Å². The molecule has 2 aromatic rings. The molecule has 3 nitrogen and oxygen atoms in total. The van der Waals surface area contributed by atoms with Gasteiger partial charge in [-0.05, 0) is 11.6 Å². The summed E-state index contributed by atoms with van der Waals surface area (Å²) in [6.45, 7) is 4.71. The summed E-state index contributed by atoms with van der Waals surface area (Å²) < 4.78 is 1.90. The Balaban J connectivity index is 0.00000192. The summed E-state index contributed by atoms with van der Waals surface area (Å²) in [5, 5.41) is 0. The molecule has 2 heterocycles. The molecular formula is C19H21ClN2O. The summed E-state index contributed by atoms with van der Waals surface area (Å²) in [7, 11) is 2.03. The van der Waals surface area contributed by atoms with Crippen molar-refractivity contribution >= 4 is 11.5 Å². The first-order valence-corrected chi connectivity index (χ1v) is 7.52. The van der Waals surface area contributed by atoms with Crippen LogP contribution in [0.15, 0.2) is 66.6 Å². The Morgan fingerprint density at radius 1 is 1.13 bits per heavy atom. The van der Waals surface area contributed by atoms with Crippen LogP contribution in [0.3, 0.4) is 0 Å². The number of carbonyl (C=O) groups excluding carboxylic acids is 1. The molecule has 1 aromatic carbocycles. The van der Waals surface area contributed by atoms with Gasteiger partial charge in [0.05, 0.1) is 0 Å². The topological polar surface area (TPSA) is 24.2 Å². The zero-order valence-electron chi connectivity index (χ0n) is 13.7. The molecule has 0 aliphatic carbocycles. The fourth-order valence-electron chi connectivity index (χ4n) is 3.18. The van der Waals surface area contributed by atoms with Crippen LogP contribution in [0.4, 0.5) is 5.69 Å². The van der Waals surface area contributed by atoms with Crippen LogP contribution in [0.1, 0.15) is 19.4 Å². The lowest BCUT2D eigenvalue weighted by molar-refractivity contribution is -0.683. The highest BCUT2D eigenvalue weighted by molar-refractivity contribution is 5.91. The van der Waals surface area contributed by atoms with E-state index in [0.29, 0.717) is 6.54 Å². The van der Waals surface area contributed by atoms with Crippen molar-refractivity contribution in [3.8, 4) is 0 Å². The molecule has 0 amide bonds. The SMILES string of the molecule is CN1/C(=C\C(=O)C[n+]2ccccc2)C(C)(C)c2ccccc21.[Cl-]. The van der Waals surface area contributed by atoms with Crippen molar-refractivity contribution in [3.63, 3.8) is 0 Å². The number of nitrogens with zero attached hydrogens (tertiary/aromatic N) is 2.